The number of ether oxygens (including phenoxy) is 2. The molecular weight excluding hydrogens is 334 g/mol. The highest BCUT2D eigenvalue weighted by Gasteiger charge is 2.45. The SMILES string of the molecule is CCCCCc1cc(OCCCN)c2c(c1)OC(C)(C)[C@@H]1CC=C(C)C[C@@H]21. The second-order valence-electron chi connectivity index (χ2n) is 8.86. The lowest BCUT2D eigenvalue weighted by Gasteiger charge is -2.47. The van der Waals surface area contributed by atoms with E-state index in [2.05, 4.69) is 45.9 Å². The lowest BCUT2D eigenvalue weighted by Crippen LogP contribution is -2.45. The first-order chi connectivity index (χ1) is 13.0. The van der Waals surface area contributed by atoms with Crippen LogP contribution in [0.4, 0.5) is 0 Å². The Kier molecular flexibility index (Phi) is 6.52. The summed E-state index contributed by atoms with van der Waals surface area (Å²) < 4.78 is 12.8. The molecule has 1 aromatic rings. The fourth-order valence-corrected chi connectivity index (χ4v) is 4.71. The minimum Gasteiger partial charge on any atom is -0.493 e. The zero-order valence-electron chi connectivity index (χ0n) is 17.6. The van der Waals surface area contributed by atoms with Gasteiger partial charge in [-0.3, -0.25) is 0 Å². The van der Waals surface area contributed by atoms with Gasteiger partial charge < -0.3 is 15.2 Å². The molecule has 0 radical (unpaired) electrons. The van der Waals surface area contributed by atoms with Crippen LogP contribution in [0.15, 0.2) is 23.8 Å². The van der Waals surface area contributed by atoms with Gasteiger partial charge in [0.1, 0.15) is 17.1 Å². The Morgan fingerprint density at radius 2 is 2.04 bits per heavy atom. The van der Waals surface area contributed by atoms with E-state index in [-0.39, 0.29) is 5.60 Å². The Bertz CT molecular complexity index is 677. The van der Waals surface area contributed by atoms with Crippen molar-refractivity contribution in [2.24, 2.45) is 11.7 Å². The summed E-state index contributed by atoms with van der Waals surface area (Å²) in [6, 6.07) is 4.56. The molecule has 0 unspecified atom stereocenters. The summed E-state index contributed by atoms with van der Waals surface area (Å²) in [5.41, 5.74) is 9.66. The van der Waals surface area contributed by atoms with Gasteiger partial charge in [0.05, 0.1) is 6.61 Å². The Morgan fingerprint density at radius 1 is 1.22 bits per heavy atom. The third-order valence-corrected chi connectivity index (χ3v) is 6.22. The largest absolute Gasteiger partial charge is 0.493 e. The first kappa shape index (κ1) is 20.3. The van der Waals surface area contributed by atoms with Gasteiger partial charge in [0.15, 0.2) is 0 Å². The summed E-state index contributed by atoms with van der Waals surface area (Å²) in [5.74, 6) is 3.06. The number of aryl methyl sites for hydroxylation is 1. The molecule has 3 nitrogen and oxygen atoms in total. The summed E-state index contributed by atoms with van der Waals surface area (Å²) in [5, 5.41) is 0. The molecule has 3 heteroatoms. The number of rotatable bonds is 8. The number of nitrogens with two attached hydrogens (primary N) is 1. The average molecular weight is 372 g/mol. The zero-order valence-corrected chi connectivity index (χ0v) is 17.6. The zero-order chi connectivity index (χ0) is 19.4. The van der Waals surface area contributed by atoms with Crippen LogP contribution in [0.5, 0.6) is 11.5 Å². The third-order valence-electron chi connectivity index (χ3n) is 6.22. The first-order valence-corrected chi connectivity index (χ1v) is 10.8. The molecule has 2 N–H and O–H groups in total. The smallest absolute Gasteiger partial charge is 0.127 e. The first-order valence-electron chi connectivity index (χ1n) is 10.8. The Hall–Kier alpha value is -1.48. The normalized spacial score (nSPS) is 23.1. The van der Waals surface area contributed by atoms with Gasteiger partial charge in [-0.1, -0.05) is 31.4 Å². The van der Waals surface area contributed by atoms with Crippen molar-refractivity contribution >= 4 is 0 Å². The van der Waals surface area contributed by atoms with Crippen LogP contribution in [-0.2, 0) is 6.42 Å². The van der Waals surface area contributed by atoms with Gasteiger partial charge in [-0.25, -0.2) is 0 Å². The number of allylic oxidation sites excluding steroid dienone is 2. The Balaban J connectivity index is 1.98. The van der Waals surface area contributed by atoms with E-state index in [1.54, 1.807) is 0 Å². The molecule has 1 aromatic carbocycles. The maximum absolute atomic E-state index is 6.58. The minimum atomic E-state index is -0.147. The molecule has 0 spiro atoms. The molecule has 0 fully saturated rings. The summed E-state index contributed by atoms with van der Waals surface area (Å²) in [7, 11) is 0. The quantitative estimate of drug-likeness (QED) is 0.467. The van der Waals surface area contributed by atoms with Crippen molar-refractivity contribution in [3.05, 3.63) is 34.9 Å². The minimum absolute atomic E-state index is 0.147. The molecule has 1 aliphatic heterocycles. The molecule has 0 aromatic heterocycles. The molecule has 0 saturated carbocycles. The number of hydrogen-bond donors (Lipinski definition) is 1. The van der Waals surface area contributed by atoms with E-state index < -0.39 is 0 Å². The van der Waals surface area contributed by atoms with Crippen molar-refractivity contribution in [1.29, 1.82) is 0 Å². The molecule has 1 heterocycles. The van der Waals surface area contributed by atoms with Gasteiger partial charge in [-0.05, 0) is 77.1 Å². The molecule has 3 rings (SSSR count). The van der Waals surface area contributed by atoms with E-state index in [1.165, 1.54) is 36.0 Å². The molecule has 27 heavy (non-hydrogen) atoms. The van der Waals surface area contributed by atoms with Gasteiger partial charge in [-0.15, -0.1) is 0 Å². The molecule has 2 aliphatic rings. The van der Waals surface area contributed by atoms with Gasteiger partial charge in [0, 0.05) is 17.4 Å². The maximum atomic E-state index is 6.58. The third kappa shape index (κ3) is 4.51. The van der Waals surface area contributed by atoms with E-state index >= 15 is 0 Å². The molecule has 2 atom stereocenters. The second kappa shape index (κ2) is 8.68. The summed E-state index contributed by atoms with van der Waals surface area (Å²) >= 11 is 0. The highest BCUT2D eigenvalue weighted by Crippen LogP contribution is 2.54. The highest BCUT2D eigenvalue weighted by atomic mass is 16.5. The van der Waals surface area contributed by atoms with Crippen molar-refractivity contribution in [2.75, 3.05) is 13.2 Å². The number of hydrogen-bond acceptors (Lipinski definition) is 3. The van der Waals surface area contributed by atoms with Crippen LogP contribution in [-0.4, -0.2) is 18.8 Å². The number of unbranched alkanes of at least 4 members (excludes halogenated alkanes) is 2. The standard InChI is InChI=1S/C24H37NO2/c1-5-6-7-9-18-15-21(26-13-8-12-25)23-19-14-17(2)10-11-20(19)24(3,4)27-22(23)16-18/h10,15-16,19-20H,5-9,11-14,25H2,1-4H3/t19-,20-/m1/s1. The predicted octanol–water partition coefficient (Wildman–Crippen LogP) is 5.76. The second-order valence-corrected chi connectivity index (χ2v) is 8.86. The van der Waals surface area contributed by atoms with Crippen LogP contribution >= 0.6 is 0 Å². The average Bonchev–Trinajstić information content (AvgIpc) is 2.61. The van der Waals surface area contributed by atoms with Crippen LogP contribution in [0.25, 0.3) is 0 Å². The predicted molar refractivity (Wildman–Crippen MR) is 113 cm³/mol. The molecule has 1 aliphatic carbocycles. The van der Waals surface area contributed by atoms with Crippen molar-refractivity contribution in [3.8, 4) is 11.5 Å². The van der Waals surface area contributed by atoms with E-state index in [0.717, 1.165) is 37.2 Å². The molecule has 0 saturated heterocycles. The lowest BCUT2D eigenvalue weighted by molar-refractivity contribution is 0.00724. The lowest BCUT2D eigenvalue weighted by atomic mass is 9.67. The van der Waals surface area contributed by atoms with E-state index in [4.69, 9.17) is 15.2 Å². The maximum Gasteiger partial charge on any atom is 0.127 e. The van der Waals surface area contributed by atoms with Crippen molar-refractivity contribution in [2.45, 2.75) is 84.2 Å². The summed E-state index contributed by atoms with van der Waals surface area (Å²) in [4.78, 5) is 0. The highest BCUT2D eigenvalue weighted by molar-refractivity contribution is 5.53. The monoisotopic (exact) mass is 371 g/mol. The van der Waals surface area contributed by atoms with Gasteiger partial charge in [-0.2, -0.15) is 0 Å². The van der Waals surface area contributed by atoms with E-state index in [9.17, 15) is 0 Å². The summed E-state index contributed by atoms with van der Waals surface area (Å²) in [6.07, 6.45) is 10.3. The molecular formula is C24H37NO2. The van der Waals surface area contributed by atoms with E-state index in [0.29, 0.717) is 25.0 Å². The fraction of sp³-hybridized carbons (Fsp3) is 0.667. The van der Waals surface area contributed by atoms with Crippen LogP contribution in [0.2, 0.25) is 0 Å². The van der Waals surface area contributed by atoms with Crippen molar-refractivity contribution < 1.29 is 9.47 Å². The Labute approximate surface area is 165 Å². The van der Waals surface area contributed by atoms with Crippen molar-refractivity contribution in [1.82, 2.24) is 0 Å². The molecule has 0 bridgehead atoms. The van der Waals surface area contributed by atoms with Crippen LogP contribution < -0.4 is 15.2 Å². The van der Waals surface area contributed by atoms with Gasteiger partial charge >= 0.3 is 0 Å². The van der Waals surface area contributed by atoms with Crippen LogP contribution in [0.1, 0.15) is 83.3 Å². The van der Waals surface area contributed by atoms with Gasteiger partial charge in [0.25, 0.3) is 0 Å². The fourth-order valence-electron chi connectivity index (χ4n) is 4.71. The molecule has 0 amide bonds. The van der Waals surface area contributed by atoms with Crippen LogP contribution in [0.3, 0.4) is 0 Å². The van der Waals surface area contributed by atoms with Gasteiger partial charge in [0.2, 0.25) is 0 Å². The topological polar surface area (TPSA) is 44.5 Å². The number of fused-ring (bicyclic) bond motifs is 3. The van der Waals surface area contributed by atoms with Crippen LogP contribution in [0, 0.1) is 5.92 Å². The number of benzene rings is 1. The molecule has 150 valence electrons. The van der Waals surface area contributed by atoms with E-state index in [1.807, 2.05) is 0 Å². The van der Waals surface area contributed by atoms with Crippen molar-refractivity contribution in [3.63, 3.8) is 0 Å². The summed E-state index contributed by atoms with van der Waals surface area (Å²) in [6.45, 7) is 10.3. The Morgan fingerprint density at radius 3 is 2.78 bits per heavy atom.